The minimum atomic E-state index is -4.02. The summed E-state index contributed by atoms with van der Waals surface area (Å²) in [5.41, 5.74) is 0.148. The molecule has 2 aromatic rings. The Kier molecular flexibility index (Phi) is 5.88. The van der Waals surface area contributed by atoms with Gasteiger partial charge in [-0.05, 0) is 55.3 Å². The summed E-state index contributed by atoms with van der Waals surface area (Å²) in [6, 6.07) is 8.99. The maximum absolute atomic E-state index is 13.2. The molecule has 162 valence electrons. The summed E-state index contributed by atoms with van der Waals surface area (Å²) in [6.07, 6.45) is 3.37. The Hall–Kier alpha value is -1.95. The lowest BCUT2D eigenvalue weighted by Crippen LogP contribution is -2.41. The van der Waals surface area contributed by atoms with E-state index in [1.807, 2.05) is 0 Å². The summed E-state index contributed by atoms with van der Waals surface area (Å²) < 4.78 is 54.9. The third-order valence-corrected chi connectivity index (χ3v) is 10.1. The fraction of sp³-hybridized carbons (Fsp3) is 0.421. The normalized spacial score (nSPS) is 17.7. The number of amides is 1. The van der Waals surface area contributed by atoms with Crippen LogP contribution in [0.2, 0.25) is 0 Å². The molecule has 11 heteroatoms. The third-order valence-electron chi connectivity index (χ3n) is 5.08. The van der Waals surface area contributed by atoms with E-state index in [9.17, 15) is 21.6 Å². The quantitative estimate of drug-likeness (QED) is 0.637. The van der Waals surface area contributed by atoms with Gasteiger partial charge in [0, 0.05) is 19.1 Å². The molecule has 1 saturated carbocycles. The number of carbonyl (C=O) groups is 1. The third kappa shape index (κ3) is 4.39. The summed E-state index contributed by atoms with van der Waals surface area (Å²) >= 11 is 1.05. The molecule has 8 nitrogen and oxygen atoms in total. The first-order valence-corrected chi connectivity index (χ1v) is 13.5. The molecular weight excluding hydrogens is 446 g/mol. The maximum atomic E-state index is 13.2. The van der Waals surface area contributed by atoms with Gasteiger partial charge in [0.1, 0.15) is 10.8 Å². The van der Waals surface area contributed by atoms with Crippen molar-refractivity contribution >= 4 is 43.0 Å². The molecule has 1 aromatic heterocycles. The highest BCUT2D eigenvalue weighted by Gasteiger charge is 2.32. The fourth-order valence-electron chi connectivity index (χ4n) is 3.34. The molecule has 1 saturated heterocycles. The van der Waals surface area contributed by atoms with Crippen molar-refractivity contribution in [1.82, 2.24) is 9.62 Å². The van der Waals surface area contributed by atoms with Gasteiger partial charge in [-0.25, -0.2) is 16.8 Å². The van der Waals surface area contributed by atoms with Gasteiger partial charge in [-0.1, -0.05) is 12.1 Å². The molecular formula is C19H23N3O5S3. The fourth-order valence-corrected chi connectivity index (χ4v) is 7.42. The molecule has 0 spiro atoms. The van der Waals surface area contributed by atoms with Crippen LogP contribution in [-0.2, 0) is 24.8 Å². The lowest BCUT2D eigenvalue weighted by molar-refractivity contribution is -0.119. The molecule has 1 aliphatic heterocycles. The van der Waals surface area contributed by atoms with Crippen LogP contribution in [0.1, 0.15) is 25.7 Å². The van der Waals surface area contributed by atoms with E-state index in [1.54, 1.807) is 11.4 Å². The van der Waals surface area contributed by atoms with E-state index < -0.39 is 32.5 Å². The minimum absolute atomic E-state index is 0.0240. The molecule has 30 heavy (non-hydrogen) atoms. The molecule has 1 amide bonds. The standard InChI is InChI=1S/C19H23N3O5S3/c23-18(20-15-8-9-15)14-22(30(26,27)19-7-4-12-28-19)16-5-3-6-17(13-16)29(24,25)21-10-1-2-11-21/h3-7,12-13,15H,1-2,8-11,14H2,(H,20,23). The smallest absolute Gasteiger partial charge is 0.274 e. The second-order valence-electron chi connectivity index (χ2n) is 7.39. The van der Waals surface area contributed by atoms with Gasteiger partial charge in [0.2, 0.25) is 15.9 Å². The summed E-state index contributed by atoms with van der Waals surface area (Å²) in [5, 5.41) is 4.44. The van der Waals surface area contributed by atoms with E-state index in [2.05, 4.69) is 5.32 Å². The van der Waals surface area contributed by atoms with Gasteiger partial charge in [-0.3, -0.25) is 9.10 Å². The Labute approximate surface area is 180 Å². The molecule has 1 N–H and O–H groups in total. The van der Waals surface area contributed by atoms with Crippen LogP contribution in [0.25, 0.3) is 0 Å². The van der Waals surface area contributed by atoms with E-state index in [-0.39, 0.29) is 20.8 Å². The van der Waals surface area contributed by atoms with Crippen LogP contribution in [0, 0.1) is 0 Å². The van der Waals surface area contributed by atoms with Crippen molar-refractivity contribution in [2.45, 2.75) is 40.8 Å². The van der Waals surface area contributed by atoms with Crippen molar-refractivity contribution in [2.24, 2.45) is 0 Å². The van der Waals surface area contributed by atoms with E-state index in [0.717, 1.165) is 41.3 Å². The summed E-state index contributed by atoms with van der Waals surface area (Å²) in [4.78, 5) is 12.5. The SMILES string of the molecule is O=C(CN(c1cccc(S(=O)(=O)N2CCCC2)c1)S(=O)(=O)c1cccs1)NC1CC1. The van der Waals surface area contributed by atoms with Crippen molar-refractivity contribution in [1.29, 1.82) is 0 Å². The molecule has 1 aliphatic carbocycles. The Morgan fingerprint density at radius 3 is 2.47 bits per heavy atom. The van der Waals surface area contributed by atoms with Gasteiger partial charge >= 0.3 is 0 Å². The average molecular weight is 470 g/mol. The van der Waals surface area contributed by atoms with E-state index >= 15 is 0 Å². The number of nitrogens with one attached hydrogen (secondary N) is 1. The van der Waals surface area contributed by atoms with Crippen molar-refractivity contribution in [3.63, 3.8) is 0 Å². The first-order valence-electron chi connectivity index (χ1n) is 9.74. The lowest BCUT2D eigenvalue weighted by Gasteiger charge is -2.24. The van der Waals surface area contributed by atoms with Crippen molar-refractivity contribution in [3.8, 4) is 0 Å². The molecule has 0 bridgehead atoms. The number of thiophene rings is 1. The molecule has 2 aliphatic rings. The van der Waals surface area contributed by atoms with Gasteiger partial charge in [-0.2, -0.15) is 4.31 Å². The average Bonchev–Trinajstić information content (AvgIpc) is 3.19. The summed E-state index contributed by atoms with van der Waals surface area (Å²) in [6.45, 7) is 0.491. The highest BCUT2D eigenvalue weighted by atomic mass is 32.2. The molecule has 2 fully saturated rings. The first-order chi connectivity index (χ1) is 14.3. The Morgan fingerprint density at radius 1 is 1.10 bits per heavy atom. The van der Waals surface area contributed by atoms with E-state index in [4.69, 9.17) is 0 Å². The van der Waals surface area contributed by atoms with Crippen molar-refractivity contribution in [3.05, 3.63) is 41.8 Å². The number of hydrogen-bond acceptors (Lipinski definition) is 6. The number of anilines is 1. The van der Waals surface area contributed by atoms with Crippen LogP contribution in [0.15, 0.2) is 50.9 Å². The van der Waals surface area contributed by atoms with Gasteiger partial charge in [0.15, 0.2) is 0 Å². The van der Waals surface area contributed by atoms with Crippen LogP contribution < -0.4 is 9.62 Å². The Bertz CT molecular complexity index is 1120. The van der Waals surface area contributed by atoms with Gasteiger partial charge < -0.3 is 5.32 Å². The molecule has 2 heterocycles. The topological polar surface area (TPSA) is 104 Å². The van der Waals surface area contributed by atoms with Gasteiger partial charge in [0.25, 0.3) is 10.0 Å². The van der Waals surface area contributed by atoms with Crippen LogP contribution in [0.5, 0.6) is 0 Å². The second-order valence-corrected chi connectivity index (χ2v) is 12.4. The monoisotopic (exact) mass is 469 g/mol. The molecule has 0 atom stereocenters. The lowest BCUT2D eigenvalue weighted by atomic mass is 10.3. The zero-order chi connectivity index (χ0) is 21.4. The number of hydrogen-bond donors (Lipinski definition) is 1. The van der Waals surface area contributed by atoms with E-state index in [0.29, 0.717) is 13.1 Å². The Morgan fingerprint density at radius 2 is 1.83 bits per heavy atom. The number of nitrogens with zero attached hydrogens (tertiary/aromatic N) is 2. The molecule has 1 aromatic carbocycles. The van der Waals surface area contributed by atoms with Gasteiger partial charge in [0.05, 0.1) is 10.6 Å². The van der Waals surface area contributed by atoms with Crippen LogP contribution in [0.4, 0.5) is 5.69 Å². The number of carbonyl (C=O) groups excluding carboxylic acids is 1. The predicted octanol–water partition coefficient (Wildman–Crippen LogP) is 2.01. The highest BCUT2D eigenvalue weighted by Crippen LogP contribution is 2.30. The van der Waals surface area contributed by atoms with E-state index in [1.165, 1.54) is 34.6 Å². The largest absolute Gasteiger partial charge is 0.352 e. The number of sulfonamides is 2. The summed E-state index contributed by atoms with van der Waals surface area (Å²) in [7, 11) is -7.74. The van der Waals surface area contributed by atoms with Crippen molar-refractivity contribution in [2.75, 3.05) is 23.9 Å². The molecule has 0 radical (unpaired) electrons. The zero-order valence-electron chi connectivity index (χ0n) is 16.2. The van der Waals surface area contributed by atoms with Crippen LogP contribution in [0.3, 0.4) is 0 Å². The Balaban J connectivity index is 1.70. The van der Waals surface area contributed by atoms with Gasteiger partial charge in [-0.15, -0.1) is 11.3 Å². The zero-order valence-corrected chi connectivity index (χ0v) is 18.7. The predicted molar refractivity (Wildman–Crippen MR) is 114 cm³/mol. The summed E-state index contributed by atoms with van der Waals surface area (Å²) in [5.74, 6) is -0.412. The number of rotatable bonds is 8. The van der Waals surface area contributed by atoms with Crippen LogP contribution in [-0.4, -0.2) is 52.7 Å². The number of benzene rings is 1. The minimum Gasteiger partial charge on any atom is -0.352 e. The molecule has 4 rings (SSSR count). The first kappa shape index (κ1) is 21.3. The molecule has 0 unspecified atom stereocenters. The maximum Gasteiger partial charge on any atom is 0.274 e. The van der Waals surface area contributed by atoms with Crippen LogP contribution >= 0.6 is 11.3 Å². The second kappa shape index (κ2) is 8.29. The van der Waals surface area contributed by atoms with Crippen molar-refractivity contribution < 1.29 is 21.6 Å². The highest BCUT2D eigenvalue weighted by molar-refractivity contribution is 7.94.